The van der Waals surface area contributed by atoms with Gasteiger partial charge in [0.15, 0.2) is 0 Å². The lowest BCUT2D eigenvalue weighted by Crippen LogP contribution is -2.36. The number of rotatable bonds is 3. The number of nitrogens with zero attached hydrogens (tertiary/aromatic N) is 3. The number of carbonyl (C=O) groups excluding carboxylic acids is 1. The van der Waals surface area contributed by atoms with Crippen molar-refractivity contribution in [3.05, 3.63) is 82.2 Å². The molecule has 1 amide bonds. The van der Waals surface area contributed by atoms with Crippen LogP contribution in [0.5, 0.6) is 0 Å². The number of hydrogen-bond donors (Lipinski definition) is 1. The maximum atomic E-state index is 13.1. The Kier molecular flexibility index (Phi) is 4.82. The van der Waals surface area contributed by atoms with Gasteiger partial charge in [0, 0.05) is 24.5 Å². The second kappa shape index (κ2) is 7.43. The molecule has 0 spiro atoms. The molecule has 3 aromatic rings. The van der Waals surface area contributed by atoms with Gasteiger partial charge in [-0.2, -0.15) is 0 Å². The van der Waals surface area contributed by atoms with Crippen LogP contribution < -0.4 is 5.32 Å². The van der Waals surface area contributed by atoms with Crippen LogP contribution in [-0.2, 0) is 13.0 Å². The van der Waals surface area contributed by atoms with E-state index in [2.05, 4.69) is 51.7 Å². The summed E-state index contributed by atoms with van der Waals surface area (Å²) >= 11 is 0. The average molecular weight is 372 g/mol. The highest BCUT2D eigenvalue weighted by molar-refractivity contribution is 5.93. The Morgan fingerprint density at radius 3 is 2.61 bits per heavy atom. The Morgan fingerprint density at radius 2 is 1.79 bits per heavy atom. The predicted octanol–water partition coefficient (Wildman–Crippen LogP) is 4.34. The second-order valence-corrected chi connectivity index (χ2v) is 7.41. The molecule has 0 fully saturated rings. The molecule has 5 heteroatoms. The van der Waals surface area contributed by atoms with Gasteiger partial charge in [0.05, 0.1) is 0 Å². The molecule has 1 aliphatic rings. The largest absolute Gasteiger partial charge is 0.333 e. The lowest BCUT2D eigenvalue weighted by atomic mass is 10.00. The van der Waals surface area contributed by atoms with Gasteiger partial charge in [-0.1, -0.05) is 36.4 Å². The molecule has 0 saturated carbocycles. The number of fused-ring (bicyclic) bond motifs is 1. The first-order valence-corrected chi connectivity index (χ1v) is 9.55. The number of benzene rings is 2. The first-order chi connectivity index (χ1) is 13.5. The number of anilines is 2. The first-order valence-electron chi connectivity index (χ1n) is 9.55. The molecule has 2 heterocycles. The van der Waals surface area contributed by atoms with E-state index in [4.69, 9.17) is 0 Å². The van der Waals surface area contributed by atoms with Crippen LogP contribution in [0.15, 0.2) is 48.5 Å². The summed E-state index contributed by atoms with van der Waals surface area (Å²) in [5.41, 5.74) is 6.95. The summed E-state index contributed by atoms with van der Waals surface area (Å²) in [6, 6.07) is 16.3. The van der Waals surface area contributed by atoms with E-state index in [1.54, 1.807) is 6.07 Å². The smallest absolute Gasteiger partial charge is 0.272 e. The molecule has 5 nitrogen and oxygen atoms in total. The molecule has 0 saturated heterocycles. The molecule has 1 aromatic heterocycles. The van der Waals surface area contributed by atoms with Crippen molar-refractivity contribution >= 4 is 17.5 Å². The van der Waals surface area contributed by atoms with Gasteiger partial charge in [-0.25, -0.2) is 9.97 Å². The third-order valence-electron chi connectivity index (χ3n) is 5.13. The zero-order valence-corrected chi connectivity index (χ0v) is 16.5. The quantitative estimate of drug-likeness (QED) is 0.743. The van der Waals surface area contributed by atoms with Crippen molar-refractivity contribution < 1.29 is 4.79 Å². The van der Waals surface area contributed by atoms with Crippen LogP contribution in [0.3, 0.4) is 0 Å². The molecular formula is C23H24N4O. The fraction of sp³-hybridized carbons (Fsp3) is 0.261. The van der Waals surface area contributed by atoms with E-state index < -0.39 is 0 Å². The summed E-state index contributed by atoms with van der Waals surface area (Å²) in [6.45, 7) is 7.30. The Labute approximate surface area is 165 Å². The van der Waals surface area contributed by atoms with Crippen LogP contribution in [0.1, 0.15) is 38.4 Å². The lowest BCUT2D eigenvalue weighted by molar-refractivity contribution is 0.0728. The van der Waals surface area contributed by atoms with Gasteiger partial charge in [-0.3, -0.25) is 4.79 Å². The topological polar surface area (TPSA) is 58.1 Å². The molecule has 0 aliphatic carbocycles. The predicted molar refractivity (Wildman–Crippen MR) is 111 cm³/mol. The number of aromatic nitrogens is 2. The fourth-order valence-electron chi connectivity index (χ4n) is 3.56. The minimum absolute atomic E-state index is 0.0518. The van der Waals surface area contributed by atoms with Crippen molar-refractivity contribution in [2.45, 2.75) is 33.7 Å². The summed E-state index contributed by atoms with van der Waals surface area (Å²) in [5, 5.41) is 3.27. The maximum Gasteiger partial charge on any atom is 0.272 e. The Hall–Kier alpha value is -3.21. The monoisotopic (exact) mass is 372 g/mol. The molecule has 2 aromatic carbocycles. The number of carbonyl (C=O) groups is 1. The maximum absolute atomic E-state index is 13.1. The standard InChI is InChI=1S/C23H24N4O/c1-15-8-9-16(2)20(12-15)25-23-24-17(3)13-21(26-23)22(28)27-11-10-18-6-4-5-7-19(18)14-27/h4-9,12-13H,10-11,14H2,1-3H3,(H,24,25,26). The minimum atomic E-state index is -0.0518. The van der Waals surface area contributed by atoms with Crippen LogP contribution in [0, 0.1) is 20.8 Å². The molecular weight excluding hydrogens is 348 g/mol. The van der Waals surface area contributed by atoms with Gasteiger partial charge in [0.2, 0.25) is 5.95 Å². The van der Waals surface area contributed by atoms with Gasteiger partial charge in [0.1, 0.15) is 5.69 Å². The van der Waals surface area contributed by atoms with E-state index in [-0.39, 0.29) is 5.91 Å². The van der Waals surface area contributed by atoms with Gasteiger partial charge >= 0.3 is 0 Å². The summed E-state index contributed by atoms with van der Waals surface area (Å²) in [6.07, 6.45) is 0.875. The van der Waals surface area contributed by atoms with Crippen LogP contribution >= 0.6 is 0 Å². The summed E-state index contributed by atoms with van der Waals surface area (Å²) in [7, 11) is 0. The SMILES string of the molecule is Cc1ccc(C)c(Nc2nc(C)cc(C(=O)N3CCc4ccccc4C3)n2)c1. The number of amides is 1. The van der Waals surface area contributed by atoms with Crippen molar-refractivity contribution in [1.29, 1.82) is 0 Å². The molecule has 1 N–H and O–H groups in total. The third kappa shape index (κ3) is 3.74. The summed E-state index contributed by atoms with van der Waals surface area (Å²) < 4.78 is 0. The van der Waals surface area contributed by atoms with Crippen LogP contribution in [0.2, 0.25) is 0 Å². The van der Waals surface area contributed by atoms with Crippen molar-refractivity contribution in [3.63, 3.8) is 0 Å². The number of aryl methyl sites for hydroxylation is 3. The normalized spacial score (nSPS) is 13.2. The first kappa shape index (κ1) is 18.2. The lowest BCUT2D eigenvalue weighted by Gasteiger charge is -2.28. The number of hydrogen-bond acceptors (Lipinski definition) is 4. The van der Waals surface area contributed by atoms with Crippen molar-refractivity contribution in [2.75, 3.05) is 11.9 Å². The Bertz CT molecular complexity index is 1040. The molecule has 1 aliphatic heterocycles. The van der Waals surface area contributed by atoms with E-state index in [0.717, 1.165) is 28.9 Å². The van der Waals surface area contributed by atoms with Gasteiger partial charge < -0.3 is 10.2 Å². The zero-order valence-electron chi connectivity index (χ0n) is 16.5. The molecule has 28 heavy (non-hydrogen) atoms. The molecule has 0 atom stereocenters. The molecule has 4 rings (SSSR count). The van der Waals surface area contributed by atoms with Crippen LogP contribution in [0.4, 0.5) is 11.6 Å². The third-order valence-corrected chi connectivity index (χ3v) is 5.13. The fourth-order valence-corrected chi connectivity index (χ4v) is 3.56. The zero-order chi connectivity index (χ0) is 19.7. The summed E-state index contributed by atoms with van der Waals surface area (Å²) in [4.78, 5) is 23.9. The molecule has 142 valence electrons. The Balaban J connectivity index is 1.58. The minimum Gasteiger partial charge on any atom is -0.333 e. The van der Waals surface area contributed by atoms with Crippen LogP contribution in [-0.4, -0.2) is 27.3 Å². The number of nitrogens with one attached hydrogen (secondary N) is 1. The van der Waals surface area contributed by atoms with Crippen molar-refractivity contribution in [2.24, 2.45) is 0 Å². The highest BCUT2D eigenvalue weighted by Crippen LogP contribution is 2.22. The average Bonchev–Trinajstić information content (AvgIpc) is 2.69. The van der Waals surface area contributed by atoms with Gasteiger partial charge in [-0.05, 0) is 61.6 Å². The van der Waals surface area contributed by atoms with E-state index in [1.807, 2.05) is 31.7 Å². The summed E-state index contributed by atoms with van der Waals surface area (Å²) in [5.74, 6) is 0.401. The van der Waals surface area contributed by atoms with Crippen molar-refractivity contribution in [3.8, 4) is 0 Å². The van der Waals surface area contributed by atoms with E-state index >= 15 is 0 Å². The van der Waals surface area contributed by atoms with Crippen molar-refractivity contribution in [1.82, 2.24) is 14.9 Å². The van der Waals surface area contributed by atoms with Gasteiger partial charge in [-0.15, -0.1) is 0 Å². The highest BCUT2D eigenvalue weighted by atomic mass is 16.2. The molecule has 0 bridgehead atoms. The molecule has 0 radical (unpaired) electrons. The van der Waals surface area contributed by atoms with E-state index in [1.165, 1.54) is 11.1 Å². The van der Waals surface area contributed by atoms with E-state index in [0.29, 0.717) is 24.7 Å². The van der Waals surface area contributed by atoms with Crippen LogP contribution in [0.25, 0.3) is 0 Å². The van der Waals surface area contributed by atoms with Gasteiger partial charge in [0.25, 0.3) is 5.91 Å². The highest BCUT2D eigenvalue weighted by Gasteiger charge is 2.23. The molecule has 0 unspecified atom stereocenters. The van der Waals surface area contributed by atoms with E-state index in [9.17, 15) is 4.79 Å². The second-order valence-electron chi connectivity index (χ2n) is 7.41. The Morgan fingerprint density at radius 1 is 1.00 bits per heavy atom.